The van der Waals surface area contributed by atoms with E-state index in [0.717, 1.165) is 25.7 Å². The Morgan fingerprint density at radius 2 is 1.73 bits per heavy atom. The maximum absolute atomic E-state index is 13.5. The second-order valence-corrected chi connectivity index (χ2v) is 17.2. The third-order valence-corrected chi connectivity index (χ3v) is 12.7. The van der Waals surface area contributed by atoms with Gasteiger partial charge in [0.25, 0.3) is 5.91 Å². The van der Waals surface area contributed by atoms with Gasteiger partial charge in [0, 0.05) is 72.0 Å². The van der Waals surface area contributed by atoms with Gasteiger partial charge in [-0.05, 0) is 82.2 Å². The molecule has 1 aliphatic carbocycles. The number of fused-ring (bicyclic) bond motifs is 2. The molecule has 4 aliphatic rings. The number of hydrogen-bond acceptors (Lipinski definition) is 6. The topological polar surface area (TPSA) is 93.9 Å². The van der Waals surface area contributed by atoms with E-state index >= 15 is 0 Å². The van der Waals surface area contributed by atoms with Crippen molar-refractivity contribution in [1.82, 2.24) is 5.32 Å². The van der Waals surface area contributed by atoms with Gasteiger partial charge in [-0.15, -0.1) is 11.6 Å². The quantitative estimate of drug-likeness (QED) is 0.120. The minimum absolute atomic E-state index is 0.00661. The zero-order valence-electron chi connectivity index (χ0n) is 39.6. The molecular weight excluding hydrogens is 654 g/mol. The van der Waals surface area contributed by atoms with E-state index in [0.29, 0.717) is 62.3 Å². The second kappa shape index (κ2) is 16.0. The van der Waals surface area contributed by atoms with Crippen LogP contribution in [0.15, 0.2) is 65.4 Å². The summed E-state index contributed by atoms with van der Waals surface area (Å²) in [5.41, 5.74) is 1.10. The Balaban J connectivity index is 1.39. The van der Waals surface area contributed by atoms with Crippen LogP contribution in [0.25, 0.3) is 5.57 Å². The molecule has 1 N–H and O–H groups in total. The molecule has 260 valence electrons. The molecule has 0 saturated carbocycles. The zero-order valence-corrected chi connectivity index (χ0v) is 29.3. The van der Waals surface area contributed by atoms with Gasteiger partial charge in [0.15, 0.2) is 5.71 Å². The van der Waals surface area contributed by atoms with Crippen LogP contribution in [0.1, 0.15) is 86.7 Å². The number of carbonyl (C=O) groups is 2. The number of carboxylic acid groups (broad SMARTS) is 1. The third-order valence-electron chi connectivity index (χ3n) is 8.93. The number of nitrogens with one attached hydrogen (secondary N) is 1. The highest BCUT2D eigenvalue weighted by molar-refractivity contribution is 6.98. The minimum Gasteiger partial charge on any atom is -0.545 e. The molecule has 0 bridgehead atoms. The van der Waals surface area contributed by atoms with Crippen molar-refractivity contribution in [2.24, 2.45) is 0 Å². The fourth-order valence-corrected chi connectivity index (χ4v) is 9.52. The number of rotatable bonds is 16. The first-order chi connectivity index (χ1) is 28.3. The molecule has 49 heavy (non-hydrogen) atoms. The molecule has 3 aliphatic heterocycles. The van der Waals surface area contributed by atoms with E-state index in [1.54, 1.807) is 12.1 Å². The first kappa shape index (κ1) is 23.1. The Bertz CT molecular complexity index is 2210. The van der Waals surface area contributed by atoms with Crippen LogP contribution < -0.4 is 20.5 Å². The van der Waals surface area contributed by atoms with Gasteiger partial charge in [-0.2, -0.15) is 0 Å². The van der Waals surface area contributed by atoms with Gasteiger partial charge in [-0.25, -0.2) is 4.58 Å². The van der Waals surface area contributed by atoms with Gasteiger partial charge in [0.05, 0.1) is 32.2 Å². The average molecular weight is 714 g/mol. The van der Waals surface area contributed by atoms with Crippen LogP contribution in [0.4, 0.5) is 5.69 Å². The third kappa shape index (κ3) is 7.80. The Kier molecular flexibility index (Phi) is 7.54. The smallest absolute Gasteiger partial charge is 0.251 e. The van der Waals surface area contributed by atoms with Crippen molar-refractivity contribution in [3.05, 3.63) is 87.6 Å². The summed E-state index contributed by atoms with van der Waals surface area (Å²) in [6.07, 6.45) is 2.75. The highest BCUT2D eigenvalue weighted by atomic mass is 35.5. The summed E-state index contributed by atoms with van der Waals surface area (Å²) in [4.78, 5) is 27.0. The predicted molar refractivity (Wildman–Crippen MR) is 197 cm³/mol. The molecule has 0 spiro atoms. The number of nitrogens with zero attached hydrogens (tertiary/aromatic N) is 2. The predicted octanol–water partition coefficient (Wildman–Crippen LogP) is 4.45. The van der Waals surface area contributed by atoms with Crippen molar-refractivity contribution in [2.45, 2.75) is 51.5 Å². The van der Waals surface area contributed by atoms with E-state index in [-0.39, 0.29) is 41.2 Å². The summed E-state index contributed by atoms with van der Waals surface area (Å²) in [6, 6.07) is 8.50. The SMILES string of the molecule is [2H]C1([2H])N(c2ccc3c(c2)[Si](C)(C)C2=CC(=[N+]4C([2H])([2H])C([2H])([2H])C4([2H])[2H])C=CC2=C3c2cc(C(=O)NCCOCCOCCCCCCCl)ccc2C(=O)[O-])C([2H])([2H])C1([2H])[2H]. The number of alkyl halides is 1. The Morgan fingerprint density at radius 3 is 2.51 bits per heavy atom. The molecule has 6 rings (SSSR count). The Labute approximate surface area is 313 Å². The number of ether oxygens (including phenoxy) is 2. The van der Waals surface area contributed by atoms with Gasteiger partial charge in [0.2, 0.25) is 0 Å². The van der Waals surface area contributed by atoms with Gasteiger partial charge < -0.3 is 29.6 Å². The van der Waals surface area contributed by atoms with Crippen molar-refractivity contribution in [2.75, 3.05) is 69.7 Å². The first-order valence-corrected chi connectivity index (χ1v) is 20.0. The van der Waals surface area contributed by atoms with Gasteiger partial charge in [0.1, 0.15) is 26.6 Å². The lowest BCUT2D eigenvalue weighted by Gasteiger charge is -2.40. The number of allylic oxidation sites excluding steroid dienone is 5. The fourth-order valence-electron chi connectivity index (χ4n) is 6.26. The van der Waals surface area contributed by atoms with E-state index in [2.05, 4.69) is 5.32 Å². The van der Waals surface area contributed by atoms with Crippen LogP contribution in [0.5, 0.6) is 0 Å². The maximum Gasteiger partial charge on any atom is 0.251 e. The normalized spacial score (nSPS) is 27.4. The van der Waals surface area contributed by atoms with Crippen molar-refractivity contribution in [1.29, 1.82) is 0 Å². The fraction of sp³-hybridized carbons (Fsp3) is 0.462. The standard InChI is InChI=1S/C39H48ClN3O5Si/c1-49(2)35-26-29(42-17-7-18-42)10-13-32(35)37(33-14-11-30(27-36(33)49)43-19-8-20-43)34-25-28(9-12-31(34)39(45)46)38(44)41-16-22-48-24-23-47-21-6-4-3-5-15-40/h9-14,25-27H,3-8,15-24H2,1-2H3,(H-,41,44,45,46)/i7D2,8D2,17D2,18D2,19D2,20D2. The number of carboxylic acids is 1. The van der Waals surface area contributed by atoms with Crippen molar-refractivity contribution in [3.63, 3.8) is 0 Å². The average Bonchev–Trinajstić information content (AvgIpc) is 3.17. The summed E-state index contributed by atoms with van der Waals surface area (Å²) < 4.78 is 112. The number of amides is 1. The number of anilines is 1. The van der Waals surface area contributed by atoms with E-state index < -0.39 is 58.7 Å². The molecule has 2 aromatic carbocycles. The summed E-state index contributed by atoms with van der Waals surface area (Å²) in [5, 5.41) is 16.6. The number of aromatic carboxylic acids is 1. The highest BCUT2D eigenvalue weighted by Gasteiger charge is 2.41. The van der Waals surface area contributed by atoms with E-state index in [9.17, 15) is 14.7 Å². The molecule has 0 aromatic heterocycles. The van der Waals surface area contributed by atoms with Crippen LogP contribution >= 0.6 is 11.6 Å². The molecule has 3 heterocycles. The molecular formula is C39H48ClN3O5Si. The van der Waals surface area contributed by atoms with Crippen molar-refractivity contribution < 1.29 is 45.2 Å². The Morgan fingerprint density at radius 1 is 0.959 bits per heavy atom. The number of unbranched alkanes of at least 4 members (excludes halogenated alkanes) is 3. The van der Waals surface area contributed by atoms with Crippen LogP contribution in [-0.2, 0) is 9.47 Å². The van der Waals surface area contributed by atoms with Gasteiger partial charge in [-0.1, -0.05) is 38.1 Å². The molecule has 0 atom stereocenters. The van der Waals surface area contributed by atoms with Crippen LogP contribution in [0.3, 0.4) is 0 Å². The van der Waals surface area contributed by atoms with E-state index in [1.807, 2.05) is 13.1 Å². The molecule has 2 saturated heterocycles. The zero-order chi connectivity index (χ0) is 45.1. The van der Waals surface area contributed by atoms with Crippen LogP contribution in [0.2, 0.25) is 13.1 Å². The Hall–Kier alpha value is -3.50. The lowest BCUT2D eigenvalue weighted by atomic mass is 9.86. The lowest BCUT2D eigenvalue weighted by Crippen LogP contribution is -2.50. The molecule has 8 nitrogen and oxygen atoms in total. The van der Waals surface area contributed by atoms with Crippen LogP contribution in [0, 0.1) is 0 Å². The van der Waals surface area contributed by atoms with Gasteiger partial charge >= 0.3 is 0 Å². The summed E-state index contributed by atoms with van der Waals surface area (Å²) in [7, 11) is -3.14. The highest BCUT2D eigenvalue weighted by Crippen LogP contribution is 2.43. The molecule has 2 aromatic rings. The summed E-state index contributed by atoms with van der Waals surface area (Å²) in [5.74, 6) is -1.45. The number of carbonyl (C=O) groups excluding carboxylic acids is 2. The molecule has 0 radical (unpaired) electrons. The molecule has 10 heteroatoms. The number of benzene rings is 2. The van der Waals surface area contributed by atoms with Gasteiger partial charge in [-0.3, -0.25) is 4.79 Å². The first-order valence-electron chi connectivity index (χ1n) is 22.4. The number of halogens is 1. The lowest BCUT2D eigenvalue weighted by molar-refractivity contribution is -0.582. The van der Waals surface area contributed by atoms with E-state index in [1.165, 1.54) is 42.5 Å². The van der Waals surface area contributed by atoms with Crippen molar-refractivity contribution >= 4 is 53.7 Å². The molecule has 2 fully saturated rings. The van der Waals surface area contributed by atoms with E-state index in [4.69, 9.17) is 37.5 Å². The van der Waals surface area contributed by atoms with Crippen molar-refractivity contribution in [3.8, 4) is 0 Å². The second-order valence-electron chi connectivity index (χ2n) is 12.5. The minimum atomic E-state index is -3.14. The van der Waals surface area contributed by atoms with Crippen LogP contribution in [-0.4, -0.2) is 95.1 Å². The molecule has 1 amide bonds. The maximum atomic E-state index is 13.5. The summed E-state index contributed by atoms with van der Waals surface area (Å²) in [6.45, 7) is -5.61. The monoisotopic (exact) mass is 713 g/mol. The number of hydrogen-bond donors (Lipinski definition) is 1. The summed E-state index contributed by atoms with van der Waals surface area (Å²) >= 11 is 5.70. The molecule has 0 unspecified atom stereocenters. The largest absolute Gasteiger partial charge is 0.545 e.